The maximum Gasteiger partial charge on any atom is 0.323 e. The van der Waals surface area contributed by atoms with Gasteiger partial charge in [0.25, 0.3) is 0 Å². The number of nitrogens with one attached hydrogen (secondary N) is 1. The Morgan fingerprint density at radius 1 is 1.32 bits per heavy atom. The van der Waals surface area contributed by atoms with Crippen molar-refractivity contribution in [2.75, 3.05) is 11.4 Å². The van der Waals surface area contributed by atoms with Crippen LogP contribution in [0.1, 0.15) is 24.8 Å². The first kappa shape index (κ1) is 13.4. The number of carbonyl (C=O) groups excluding carboxylic acids is 1. The summed E-state index contributed by atoms with van der Waals surface area (Å²) in [6, 6.07) is 7.10. The number of benzene rings is 1. The normalized spacial score (nSPS) is 14.6. The van der Waals surface area contributed by atoms with Gasteiger partial charge in [0.2, 0.25) is 0 Å². The molecule has 5 nitrogen and oxygen atoms in total. The van der Waals surface area contributed by atoms with Gasteiger partial charge < -0.3 is 10.4 Å². The van der Waals surface area contributed by atoms with E-state index >= 15 is 0 Å². The van der Waals surface area contributed by atoms with E-state index in [0.717, 1.165) is 24.8 Å². The van der Waals surface area contributed by atoms with Crippen molar-refractivity contribution < 1.29 is 14.7 Å². The number of urea groups is 1. The van der Waals surface area contributed by atoms with Crippen LogP contribution in [0.3, 0.4) is 0 Å². The molecule has 0 heterocycles. The fraction of sp³-hybridized carbons (Fsp3) is 0.429. The topological polar surface area (TPSA) is 69.6 Å². The van der Waals surface area contributed by atoms with Crippen LogP contribution < -0.4 is 10.2 Å². The van der Waals surface area contributed by atoms with E-state index in [4.69, 9.17) is 5.11 Å². The van der Waals surface area contributed by atoms with Gasteiger partial charge in [0.1, 0.15) is 6.54 Å². The quantitative estimate of drug-likeness (QED) is 0.873. The van der Waals surface area contributed by atoms with Crippen LogP contribution in [-0.4, -0.2) is 29.7 Å². The Hall–Kier alpha value is -2.04. The van der Waals surface area contributed by atoms with Gasteiger partial charge in [0, 0.05) is 11.7 Å². The number of carbonyl (C=O) groups is 2. The molecule has 0 radical (unpaired) electrons. The summed E-state index contributed by atoms with van der Waals surface area (Å²) in [5, 5.41) is 11.8. The van der Waals surface area contributed by atoms with Crippen molar-refractivity contribution in [3.05, 3.63) is 29.8 Å². The zero-order valence-electron chi connectivity index (χ0n) is 10.9. The molecule has 1 aromatic rings. The molecule has 0 atom stereocenters. The van der Waals surface area contributed by atoms with Crippen LogP contribution in [-0.2, 0) is 4.79 Å². The van der Waals surface area contributed by atoms with Crippen LogP contribution in [0.2, 0.25) is 0 Å². The monoisotopic (exact) mass is 262 g/mol. The van der Waals surface area contributed by atoms with Crippen molar-refractivity contribution in [2.24, 2.45) is 0 Å². The minimum atomic E-state index is -1.02. The summed E-state index contributed by atoms with van der Waals surface area (Å²) in [6.07, 6.45) is 3.06. The molecule has 1 aliphatic rings. The highest BCUT2D eigenvalue weighted by Gasteiger charge is 2.24. The zero-order chi connectivity index (χ0) is 13.8. The predicted molar refractivity (Wildman–Crippen MR) is 72.3 cm³/mol. The highest BCUT2D eigenvalue weighted by atomic mass is 16.4. The Labute approximate surface area is 112 Å². The SMILES string of the molecule is Cc1ccc(N(CC(=O)O)C(=O)NC2CCC2)cc1. The molecule has 0 aliphatic heterocycles. The minimum absolute atomic E-state index is 0.189. The van der Waals surface area contributed by atoms with Gasteiger partial charge in [-0.2, -0.15) is 0 Å². The Morgan fingerprint density at radius 3 is 2.42 bits per heavy atom. The predicted octanol–water partition coefficient (Wildman–Crippen LogP) is 2.15. The lowest BCUT2D eigenvalue weighted by molar-refractivity contribution is -0.135. The van der Waals surface area contributed by atoms with Gasteiger partial charge in [-0.25, -0.2) is 4.79 Å². The van der Waals surface area contributed by atoms with Crippen LogP contribution >= 0.6 is 0 Å². The van der Waals surface area contributed by atoms with E-state index in [1.165, 1.54) is 4.90 Å². The van der Waals surface area contributed by atoms with Crippen LogP contribution in [0, 0.1) is 6.92 Å². The van der Waals surface area contributed by atoms with Crippen molar-refractivity contribution in [3.8, 4) is 0 Å². The van der Waals surface area contributed by atoms with Crippen LogP contribution in [0.25, 0.3) is 0 Å². The Kier molecular flexibility index (Phi) is 4.04. The Bertz CT molecular complexity index is 466. The average Bonchev–Trinajstić information content (AvgIpc) is 2.31. The number of carboxylic acids is 1. The van der Waals surface area contributed by atoms with Gasteiger partial charge in [-0.3, -0.25) is 9.69 Å². The summed E-state index contributed by atoms with van der Waals surface area (Å²) in [6.45, 7) is 1.61. The second kappa shape index (κ2) is 5.73. The molecule has 0 aromatic heterocycles. The van der Waals surface area contributed by atoms with Crippen molar-refractivity contribution in [1.29, 1.82) is 0 Å². The molecule has 0 unspecified atom stereocenters. The van der Waals surface area contributed by atoms with E-state index in [1.807, 2.05) is 19.1 Å². The van der Waals surface area contributed by atoms with Crippen molar-refractivity contribution in [3.63, 3.8) is 0 Å². The summed E-state index contributed by atoms with van der Waals surface area (Å²) in [5.41, 5.74) is 1.67. The second-order valence-electron chi connectivity index (χ2n) is 4.89. The van der Waals surface area contributed by atoms with Gasteiger partial charge in [0.15, 0.2) is 0 Å². The number of aliphatic carboxylic acids is 1. The van der Waals surface area contributed by atoms with Crippen LogP contribution in [0.15, 0.2) is 24.3 Å². The molecule has 102 valence electrons. The van der Waals surface area contributed by atoms with E-state index in [1.54, 1.807) is 12.1 Å². The van der Waals surface area contributed by atoms with E-state index in [-0.39, 0.29) is 18.6 Å². The first-order valence-corrected chi connectivity index (χ1v) is 6.43. The summed E-state index contributed by atoms with van der Waals surface area (Å²) in [5.74, 6) is -1.02. The molecule has 0 spiro atoms. The molecule has 1 saturated carbocycles. The molecule has 19 heavy (non-hydrogen) atoms. The number of hydrogen-bond acceptors (Lipinski definition) is 2. The first-order valence-electron chi connectivity index (χ1n) is 6.43. The Balaban J connectivity index is 2.11. The van der Waals surface area contributed by atoms with Gasteiger partial charge in [-0.1, -0.05) is 17.7 Å². The molecule has 2 rings (SSSR count). The second-order valence-corrected chi connectivity index (χ2v) is 4.89. The number of carboxylic acid groups (broad SMARTS) is 1. The number of nitrogens with zero attached hydrogens (tertiary/aromatic N) is 1. The first-order chi connectivity index (χ1) is 9.06. The van der Waals surface area contributed by atoms with Gasteiger partial charge in [-0.05, 0) is 38.3 Å². The average molecular weight is 262 g/mol. The summed E-state index contributed by atoms with van der Waals surface area (Å²) < 4.78 is 0. The number of hydrogen-bond donors (Lipinski definition) is 2. The molecular formula is C14H18N2O3. The third-order valence-electron chi connectivity index (χ3n) is 3.32. The Morgan fingerprint density at radius 2 is 1.95 bits per heavy atom. The minimum Gasteiger partial charge on any atom is -0.480 e. The lowest BCUT2D eigenvalue weighted by atomic mass is 9.93. The highest BCUT2D eigenvalue weighted by Crippen LogP contribution is 2.20. The molecule has 1 aliphatic carbocycles. The van der Waals surface area contributed by atoms with Crippen molar-refractivity contribution in [1.82, 2.24) is 5.32 Å². The maximum absolute atomic E-state index is 12.1. The molecule has 1 aromatic carbocycles. The summed E-state index contributed by atoms with van der Waals surface area (Å²) in [7, 11) is 0. The maximum atomic E-state index is 12.1. The number of anilines is 1. The lowest BCUT2D eigenvalue weighted by Crippen LogP contribution is -2.49. The molecule has 2 N–H and O–H groups in total. The summed E-state index contributed by atoms with van der Waals surface area (Å²) >= 11 is 0. The zero-order valence-corrected chi connectivity index (χ0v) is 10.9. The highest BCUT2D eigenvalue weighted by molar-refractivity contribution is 5.96. The van der Waals surface area contributed by atoms with Crippen molar-refractivity contribution in [2.45, 2.75) is 32.2 Å². The molecule has 2 amide bonds. The fourth-order valence-electron chi connectivity index (χ4n) is 1.95. The number of rotatable bonds is 4. The van der Waals surface area contributed by atoms with Gasteiger partial charge in [0.05, 0.1) is 0 Å². The number of amides is 2. The molecule has 5 heteroatoms. The standard InChI is InChI=1S/C14H18N2O3/c1-10-5-7-12(8-6-10)16(9-13(17)18)14(19)15-11-3-2-4-11/h5-8,11H,2-4,9H2,1H3,(H,15,19)(H,17,18). The molecule has 0 bridgehead atoms. The fourth-order valence-corrected chi connectivity index (χ4v) is 1.95. The van der Waals surface area contributed by atoms with Crippen LogP contribution in [0.5, 0.6) is 0 Å². The summed E-state index contributed by atoms with van der Waals surface area (Å²) in [4.78, 5) is 24.3. The third-order valence-corrected chi connectivity index (χ3v) is 3.32. The molecular weight excluding hydrogens is 244 g/mol. The van der Waals surface area contributed by atoms with Crippen molar-refractivity contribution >= 4 is 17.7 Å². The van der Waals surface area contributed by atoms with Crippen LogP contribution in [0.4, 0.5) is 10.5 Å². The molecule has 1 fully saturated rings. The van der Waals surface area contributed by atoms with E-state index in [9.17, 15) is 9.59 Å². The lowest BCUT2D eigenvalue weighted by Gasteiger charge is -2.30. The third kappa shape index (κ3) is 3.47. The van der Waals surface area contributed by atoms with E-state index in [2.05, 4.69) is 5.32 Å². The smallest absolute Gasteiger partial charge is 0.323 e. The molecule has 0 saturated heterocycles. The largest absolute Gasteiger partial charge is 0.480 e. The number of aryl methyl sites for hydroxylation is 1. The van der Waals surface area contributed by atoms with E-state index < -0.39 is 5.97 Å². The van der Waals surface area contributed by atoms with Gasteiger partial charge in [-0.15, -0.1) is 0 Å². The van der Waals surface area contributed by atoms with Gasteiger partial charge >= 0.3 is 12.0 Å². The van der Waals surface area contributed by atoms with E-state index in [0.29, 0.717) is 5.69 Å².